The molecule has 0 saturated heterocycles. The van der Waals surface area contributed by atoms with Gasteiger partial charge in [0.2, 0.25) is 5.91 Å². The first-order chi connectivity index (χ1) is 18.1. The predicted molar refractivity (Wildman–Crippen MR) is 152 cm³/mol. The van der Waals surface area contributed by atoms with Crippen molar-refractivity contribution in [2.45, 2.75) is 18.7 Å². The summed E-state index contributed by atoms with van der Waals surface area (Å²) in [4.78, 5) is 26.4. The van der Waals surface area contributed by atoms with Crippen LogP contribution < -0.4 is 9.62 Å². The second kappa shape index (κ2) is 11.4. The van der Waals surface area contributed by atoms with E-state index in [4.69, 9.17) is 23.2 Å². The Morgan fingerprint density at radius 2 is 1.45 bits per heavy atom. The number of hydrogen-bond acceptors (Lipinski definition) is 4. The summed E-state index contributed by atoms with van der Waals surface area (Å²) < 4.78 is 28.4. The summed E-state index contributed by atoms with van der Waals surface area (Å²) in [5.41, 5.74) is 3.01. The fourth-order valence-electron chi connectivity index (χ4n) is 3.81. The second-order valence-electron chi connectivity index (χ2n) is 8.67. The largest absolute Gasteiger partial charge is 0.324 e. The lowest BCUT2D eigenvalue weighted by atomic mass is 10.0. The van der Waals surface area contributed by atoms with Crippen molar-refractivity contribution in [3.63, 3.8) is 0 Å². The van der Waals surface area contributed by atoms with Gasteiger partial charge in [-0.25, -0.2) is 8.42 Å². The van der Waals surface area contributed by atoms with Gasteiger partial charge in [0.25, 0.3) is 10.0 Å². The van der Waals surface area contributed by atoms with E-state index in [1.54, 1.807) is 54.6 Å². The molecule has 4 aromatic carbocycles. The Bertz CT molecular complexity index is 1610. The molecule has 0 aromatic heterocycles. The molecule has 38 heavy (non-hydrogen) atoms. The van der Waals surface area contributed by atoms with Gasteiger partial charge in [0, 0.05) is 21.2 Å². The molecule has 0 atom stereocenters. The number of amides is 1. The van der Waals surface area contributed by atoms with Gasteiger partial charge in [-0.15, -0.1) is 0 Å². The molecule has 6 nitrogen and oxygen atoms in total. The fourth-order valence-corrected chi connectivity index (χ4v) is 5.52. The van der Waals surface area contributed by atoms with E-state index in [9.17, 15) is 18.0 Å². The van der Waals surface area contributed by atoms with Crippen molar-refractivity contribution in [2.24, 2.45) is 0 Å². The van der Waals surface area contributed by atoms with Gasteiger partial charge >= 0.3 is 0 Å². The third-order valence-electron chi connectivity index (χ3n) is 6.00. The zero-order chi connectivity index (χ0) is 27.4. The van der Waals surface area contributed by atoms with Crippen LogP contribution in [0.1, 0.15) is 27.0 Å². The SMILES string of the molecule is Cc1ccc(N(CC(=O)Nc2ccc(Cl)cc2C(=O)c2ccccc2)S(=O)(=O)c2ccc(Cl)cc2)cc1C. The summed E-state index contributed by atoms with van der Waals surface area (Å²) in [6, 6.07) is 24.0. The van der Waals surface area contributed by atoms with E-state index in [-0.39, 0.29) is 21.9 Å². The summed E-state index contributed by atoms with van der Waals surface area (Å²) in [5, 5.41) is 3.41. The van der Waals surface area contributed by atoms with Crippen LogP contribution in [0.25, 0.3) is 0 Å². The van der Waals surface area contributed by atoms with Gasteiger partial charge in [-0.3, -0.25) is 13.9 Å². The Morgan fingerprint density at radius 3 is 2.11 bits per heavy atom. The number of nitrogens with zero attached hydrogens (tertiary/aromatic N) is 1. The van der Waals surface area contributed by atoms with Crippen LogP contribution in [0, 0.1) is 13.8 Å². The van der Waals surface area contributed by atoms with E-state index in [1.165, 1.54) is 36.4 Å². The molecule has 1 amide bonds. The Hall–Kier alpha value is -3.65. The molecule has 4 aromatic rings. The van der Waals surface area contributed by atoms with Crippen LogP contribution in [-0.2, 0) is 14.8 Å². The molecule has 4 rings (SSSR count). The van der Waals surface area contributed by atoms with Crippen LogP contribution in [0.2, 0.25) is 10.0 Å². The average Bonchev–Trinajstić information content (AvgIpc) is 2.90. The minimum absolute atomic E-state index is 0.0145. The molecule has 0 aliphatic carbocycles. The Balaban J connectivity index is 1.69. The molecule has 0 aliphatic heterocycles. The Kier molecular flexibility index (Phi) is 8.21. The highest BCUT2D eigenvalue weighted by Gasteiger charge is 2.28. The van der Waals surface area contributed by atoms with Gasteiger partial charge in [-0.2, -0.15) is 0 Å². The molecule has 0 spiro atoms. The van der Waals surface area contributed by atoms with Crippen LogP contribution in [0.3, 0.4) is 0 Å². The summed E-state index contributed by atoms with van der Waals surface area (Å²) >= 11 is 12.1. The Morgan fingerprint density at radius 1 is 0.789 bits per heavy atom. The number of hydrogen-bond donors (Lipinski definition) is 1. The highest BCUT2D eigenvalue weighted by molar-refractivity contribution is 7.92. The second-order valence-corrected chi connectivity index (χ2v) is 11.4. The quantitative estimate of drug-likeness (QED) is 0.241. The van der Waals surface area contributed by atoms with Crippen molar-refractivity contribution in [2.75, 3.05) is 16.2 Å². The van der Waals surface area contributed by atoms with E-state index in [2.05, 4.69) is 5.32 Å². The van der Waals surface area contributed by atoms with E-state index < -0.39 is 22.5 Å². The maximum Gasteiger partial charge on any atom is 0.264 e. The van der Waals surface area contributed by atoms with Crippen molar-refractivity contribution in [3.05, 3.63) is 123 Å². The van der Waals surface area contributed by atoms with E-state index >= 15 is 0 Å². The lowest BCUT2D eigenvalue weighted by Gasteiger charge is -2.25. The smallest absolute Gasteiger partial charge is 0.264 e. The molecular formula is C29H24Cl2N2O4S. The first-order valence-electron chi connectivity index (χ1n) is 11.6. The van der Waals surface area contributed by atoms with Gasteiger partial charge in [-0.1, -0.05) is 59.6 Å². The maximum atomic E-state index is 13.7. The van der Waals surface area contributed by atoms with Crippen molar-refractivity contribution >= 4 is 56.3 Å². The standard InChI is InChI=1S/C29H24Cl2N2O4S/c1-19-8-12-24(16-20(19)2)33(38(36,37)25-13-9-22(30)10-14-25)18-28(34)32-27-15-11-23(31)17-26(27)29(35)21-6-4-3-5-7-21/h3-17H,18H2,1-2H3,(H,32,34). The number of rotatable bonds is 8. The van der Waals surface area contributed by atoms with Crippen molar-refractivity contribution < 1.29 is 18.0 Å². The Labute approximate surface area is 231 Å². The monoisotopic (exact) mass is 566 g/mol. The summed E-state index contributed by atoms with van der Waals surface area (Å²) in [7, 11) is -4.14. The van der Waals surface area contributed by atoms with E-state index in [0.29, 0.717) is 21.3 Å². The normalized spacial score (nSPS) is 11.2. The maximum absolute atomic E-state index is 13.7. The average molecular weight is 567 g/mol. The topological polar surface area (TPSA) is 83.6 Å². The van der Waals surface area contributed by atoms with Crippen LogP contribution in [0.4, 0.5) is 11.4 Å². The molecular weight excluding hydrogens is 543 g/mol. The summed E-state index contributed by atoms with van der Waals surface area (Å²) in [6.45, 7) is 3.24. The van der Waals surface area contributed by atoms with Crippen molar-refractivity contribution in [3.8, 4) is 0 Å². The third kappa shape index (κ3) is 6.07. The minimum Gasteiger partial charge on any atom is -0.324 e. The first kappa shape index (κ1) is 27.4. The van der Waals surface area contributed by atoms with Gasteiger partial charge in [0.1, 0.15) is 6.54 Å². The predicted octanol–water partition coefficient (Wildman–Crippen LogP) is 6.68. The molecule has 0 unspecified atom stereocenters. The van der Waals surface area contributed by atoms with Crippen LogP contribution in [0.5, 0.6) is 0 Å². The number of carbonyl (C=O) groups is 2. The number of halogens is 2. The van der Waals surface area contributed by atoms with Gasteiger partial charge in [-0.05, 0) is 79.6 Å². The number of aryl methyl sites for hydroxylation is 2. The van der Waals surface area contributed by atoms with Crippen LogP contribution in [-0.4, -0.2) is 26.7 Å². The lowest BCUT2D eigenvalue weighted by Crippen LogP contribution is -2.38. The van der Waals surface area contributed by atoms with Gasteiger partial charge < -0.3 is 5.32 Å². The molecule has 0 radical (unpaired) electrons. The number of nitrogens with one attached hydrogen (secondary N) is 1. The molecule has 0 fully saturated rings. The molecule has 1 N–H and O–H groups in total. The molecule has 0 aliphatic rings. The fraction of sp³-hybridized carbons (Fsp3) is 0.103. The highest BCUT2D eigenvalue weighted by Crippen LogP contribution is 2.28. The minimum atomic E-state index is -4.14. The van der Waals surface area contributed by atoms with Crippen LogP contribution in [0.15, 0.2) is 95.9 Å². The third-order valence-corrected chi connectivity index (χ3v) is 8.28. The number of benzene rings is 4. The highest BCUT2D eigenvalue weighted by atomic mass is 35.5. The van der Waals surface area contributed by atoms with Crippen molar-refractivity contribution in [1.82, 2.24) is 0 Å². The number of anilines is 2. The zero-order valence-electron chi connectivity index (χ0n) is 20.6. The molecule has 0 saturated carbocycles. The number of carbonyl (C=O) groups excluding carboxylic acids is 2. The first-order valence-corrected chi connectivity index (χ1v) is 13.8. The summed E-state index contributed by atoms with van der Waals surface area (Å²) in [5.74, 6) is -0.964. The van der Waals surface area contributed by atoms with E-state index in [1.807, 2.05) is 13.8 Å². The molecule has 194 valence electrons. The molecule has 9 heteroatoms. The molecule has 0 heterocycles. The van der Waals surface area contributed by atoms with E-state index in [0.717, 1.165) is 15.4 Å². The van der Waals surface area contributed by atoms with Gasteiger partial charge in [0.05, 0.1) is 16.3 Å². The number of ketones is 1. The van der Waals surface area contributed by atoms with Crippen molar-refractivity contribution in [1.29, 1.82) is 0 Å². The van der Waals surface area contributed by atoms with Gasteiger partial charge in [0.15, 0.2) is 5.78 Å². The number of sulfonamides is 1. The van der Waals surface area contributed by atoms with Crippen LogP contribution >= 0.6 is 23.2 Å². The lowest BCUT2D eigenvalue weighted by molar-refractivity contribution is -0.114. The zero-order valence-corrected chi connectivity index (χ0v) is 22.9. The summed E-state index contributed by atoms with van der Waals surface area (Å²) in [6.07, 6.45) is 0. The molecule has 0 bridgehead atoms.